The lowest BCUT2D eigenvalue weighted by Crippen LogP contribution is -2.45. The van der Waals surface area contributed by atoms with Crippen molar-refractivity contribution in [2.24, 2.45) is 5.92 Å². The monoisotopic (exact) mass is 355 g/mol. The maximum Gasteiger partial charge on any atom is 0.223 e. The van der Waals surface area contributed by atoms with E-state index in [2.05, 4.69) is 15.4 Å². The number of amides is 1. The molecule has 0 spiro atoms. The van der Waals surface area contributed by atoms with E-state index in [-0.39, 0.29) is 23.6 Å². The molecule has 0 radical (unpaired) electrons. The fourth-order valence-electron chi connectivity index (χ4n) is 3.66. The third-order valence-corrected chi connectivity index (χ3v) is 7.00. The van der Waals surface area contributed by atoms with Crippen LogP contribution in [0.1, 0.15) is 36.3 Å². The van der Waals surface area contributed by atoms with Crippen molar-refractivity contribution in [3.63, 3.8) is 0 Å². The highest BCUT2D eigenvalue weighted by Gasteiger charge is 2.35. The molecule has 24 heavy (non-hydrogen) atoms. The van der Waals surface area contributed by atoms with Crippen LogP contribution in [0.5, 0.6) is 0 Å². The van der Waals surface area contributed by atoms with Crippen LogP contribution in [0.2, 0.25) is 0 Å². The zero-order valence-corrected chi connectivity index (χ0v) is 15.1. The van der Waals surface area contributed by atoms with Gasteiger partial charge in [-0.25, -0.2) is 8.42 Å². The highest BCUT2D eigenvalue weighted by molar-refractivity contribution is 7.91. The second kappa shape index (κ2) is 6.84. The van der Waals surface area contributed by atoms with Crippen molar-refractivity contribution in [1.29, 1.82) is 0 Å². The zero-order valence-electron chi connectivity index (χ0n) is 14.2. The Morgan fingerprint density at radius 3 is 2.54 bits per heavy atom. The van der Waals surface area contributed by atoms with Crippen molar-refractivity contribution in [3.05, 3.63) is 17.0 Å². The molecule has 2 fully saturated rings. The molecule has 1 amide bonds. The number of sulfone groups is 1. The molecule has 3 heterocycles. The van der Waals surface area contributed by atoms with Gasteiger partial charge >= 0.3 is 0 Å². The van der Waals surface area contributed by atoms with E-state index >= 15 is 0 Å². The molecule has 1 aromatic heterocycles. The maximum atomic E-state index is 12.4. The molecule has 1 N–H and O–H groups in total. The molecule has 134 valence electrons. The van der Waals surface area contributed by atoms with E-state index < -0.39 is 9.84 Å². The third kappa shape index (κ3) is 3.80. The van der Waals surface area contributed by atoms with Crippen LogP contribution in [0, 0.1) is 19.8 Å². The number of carbonyl (C=O) groups excluding carboxylic acids is 1. The lowest BCUT2D eigenvalue weighted by molar-refractivity contribution is -0.126. The fraction of sp³-hybridized carbons (Fsp3) is 0.750. The first-order valence-corrected chi connectivity index (χ1v) is 10.3. The summed E-state index contributed by atoms with van der Waals surface area (Å²) in [4.78, 5) is 14.6. The van der Waals surface area contributed by atoms with Crippen molar-refractivity contribution < 1.29 is 17.7 Å². The van der Waals surface area contributed by atoms with E-state index in [9.17, 15) is 13.2 Å². The standard InChI is InChI=1S/C16H25N3O4S/c1-11-15(12(2)23-18-11)9-17-16(20)13-3-6-19(7-4-13)14-5-8-24(21,22)10-14/h13-14H,3-10H2,1-2H3,(H,17,20)/t14-/m0/s1. The molecule has 0 aromatic carbocycles. The second-order valence-electron chi connectivity index (χ2n) is 6.89. The molecule has 7 nitrogen and oxygen atoms in total. The van der Waals surface area contributed by atoms with Gasteiger partial charge in [-0.15, -0.1) is 0 Å². The normalized spacial score (nSPS) is 25.0. The van der Waals surface area contributed by atoms with Gasteiger partial charge in [0.05, 0.1) is 17.2 Å². The van der Waals surface area contributed by atoms with E-state index in [0.29, 0.717) is 12.3 Å². The van der Waals surface area contributed by atoms with Crippen LogP contribution in [0.3, 0.4) is 0 Å². The summed E-state index contributed by atoms with van der Waals surface area (Å²) in [6.07, 6.45) is 2.29. The molecular weight excluding hydrogens is 330 g/mol. The van der Waals surface area contributed by atoms with E-state index in [0.717, 1.165) is 49.4 Å². The quantitative estimate of drug-likeness (QED) is 0.859. The lowest BCUT2D eigenvalue weighted by Gasteiger charge is -2.34. The van der Waals surface area contributed by atoms with Crippen LogP contribution in [-0.4, -0.2) is 55.0 Å². The first-order chi connectivity index (χ1) is 11.4. The largest absolute Gasteiger partial charge is 0.361 e. The van der Waals surface area contributed by atoms with Crippen molar-refractivity contribution in [1.82, 2.24) is 15.4 Å². The number of aryl methyl sites for hydroxylation is 2. The summed E-state index contributed by atoms with van der Waals surface area (Å²) >= 11 is 0. The maximum absolute atomic E-state index is 12.4. The molecule has 1 atom stereocenters. The Morgan fingerprint density at radius 1 is 1.29 bits per heavy atom. The third-order valence-electron chi connectivity index (χ3n) is 5.25. The van der Waals surface area contributed by atoms with Gasteiger partial charge in [-0.2, -0.15) is 0 Å². The minimum absolute atomic E-state index is 0.000248. The van der Waals surface area contributed by atoms with E-state index in [1.54, 1.807) is 0 Å². The summed E-state index contributed by atoms with van der Waals surface area (Å²) in [5.41, 5.74) is 1.75. The molecule has 0 saturated carbocycles. The minimum Gasteiger partial charge on any atom is -0.361 e. The van der Waals surface area contributed by atoms with Crippen LogP contribution in [-0.2, 0) is 21.2 Å². The van der Waals surface area contributed by atoms with Gasteiger partial charge in [-0.05, 0) is 46.2 Å². The van der Waals surface area contributed by atoms with Gasteiger partial charge in [-0.3, -0.25) is 9.69 Å². The lowest BCUT2D eigenvalue weighted by atomic mass is 9.94. The van der Waals surface area contributed by atoms with Crippen LogP contribution in [0.15, 0.2) is 4.52 Å². The van der Waals surface area contributed by atoms with Crippen molar-refractivity contribution in [2.45, 2.75) is 45.7 Å². The van der Waals surface area contributed by atoms with Gasteiger partial charge in [0.25, 0.3) is 0 Å². The molecule has 0 aliphatic carbocycles. The summed E-state index contributed by atoms with van der Waals surface area (Å²) in [7, 11) is -2.85. The van der Waals surface area contributed by atoms with Crippen LogP contribution in [0.25, 0.3) is 0 Å². The summed E-state index contributed by atoms with van der Waals surface area (Å²) in [6, 6.07) is 0.140. The highest BCUT2D eigenvalue weighted by Crippen LogP contribution is 2.24. The number of piperidine rings is 1. The highest BCUT2D eigenvalue weighted by atomic mass is 32.2. The Morgan fingerprint density at radius 2 is 2.00 bits per heavy atom. The first kappa shape index (κ1) is 17.4. The molecule has 2 saturated heterocycles. The second-order valence-corrected chi connectivity index (χ2v) is 9.12. The van der Waals surface area contributed by atoms with Gasteiger partial charge in [0.15, 0.2) is 9.84 Å². The molecule has 1 aromatic rings. The van der Waals surface area contributed by atoms with E-state index in [1.165, 1.54) is 0 Å². The molecule has 3 rings (SSSR count). The average molecular weight is 355 g/mol. The van der Waals surface area contributed by atoms with Gasteiger partial charge in [0.2, 0.25) is 5.91 Å². The number of nitrogens with zero attached hydrogens (tertiary/aromatic N) is 2. The minimum atomic E-state index is -2.85. The van der Waals surface area contributed by atoms with Gasteiger partial charge in [0, 0.05) is 24.1 Å². The predicted octanol–water partition coefficient (Wildman–Crippen LogP) is 0.807. The Balaban J connectivity index is 1.47. The number of hydrogen-bond acceptors (Lipinski definition) is 6. The molecule has 8 heteroatoms. The van der Waals surface area contributed by atoms with Gasteiger partial charge in [0.1, 0.15) is 5.76 Å². The van der Waals surface area contributed by atoms with Gasteiger partial charge < -0.3 is 9.84 Å². The number of aromatic nitrogens is 1. The van der Waals surface area contributed by atoms with Gasteiger partial charge in [-0.1, -0.05) is 5.16 Å². The molecule has 2 aliphatic heterocycles. The van der Waals surface area contributed by atoms with Crippen LogP contribution >= 0.6 is 0 Å². The Kier molecular flexibility index (Phi) is 4.96. The number of carbonyl (C=O) groups is 1. The Labute approximate surface area is 142 Å². The molecule has 0 bridgehead atoms. The van der Waals surface area contributed by atoms with Crippen LogP contribution < -0.4 is 5.32 Å². The first-order valence-electron chi connectivity index (χ1n) is 8.49. The zero-order chi connectivity index (χ0) is 17.3. The fourth-order valence-corrected chi connectivity index (χ4v) is 5.43. The summed E-state index contributed by atoms with van der Waals surface area (Å²) in [6.45, 7) is 5.75. The van der Waals surface area contributed by atoms with E-state index in [1.807, 2.05) is 13.8 Å². The smallest absolute Gasteiger partial charge is 0.223 e. The van der Waals surface area contributed by atoms with Crippen molar-refractivity contribution in [3.8, 4) is 0 Å². The number of hydrogen-bond donors (Lipinski definition) is 1. The number of likely N-dealkylation sites (tertiary alicyclic amines) is 1. The summed E-state index contributed by atoms with van der Waals surface area (Å²) < 4.78 is 28.3. The van der Waals surface area contributed by atoms with Crippen LogP contribution in [0.4, 0.5) is 0 Å². The summed E-state index contributed by atoms with van der Waals surface area (Å²) in [5, 5.41) is 6.87. The molecule has 0 unspecified atom stereocenters. The van der Waals surface area contributed by atoms with Crippen molar-refractivity contribution in [2.75, 3.05) is 24.6 Å². The molecular formula is C16H25N3O4S. The topological polar surface area (TPSA) is 92.5 Å². The average Bonchev–Trinajstić information content (AvgIpc) is 3.07. The SMILES string of the molecule is Cc1noc(C)c1CNC(=O)C1CCN([C@H]2CCS(=O)(=O)C2)CC1. The number of rotatable bonds is 4. The van der Waals surface area contributed by atoms with Crippen molar-refractivity contribution >= 4 is 15.7 Å². The Bertz CT molecular complexity index is 685. The Hall–Kier alpha value is -1.41. The predicted molar refractivity (Wildman–Crippen MR) is 89.2 cm³/mol. The number of nitrogens with one attached hydrogen (secondary N) is 1. The van der Waals surface area contributed by atoms with E-state index in [4.69, 9.17) is 4.52 Å². The molecule has 2 aliphatic rings. The summed E-state index contributed by atoms with van der Waals surface area (Å²) in [5.74, 6) is 1.38.